The fourth-order valence-corrected chi connectivity index (χ4v) is 3.64. The van der Waals surface area contributed by atoms with Crippen molar-refractivity contribution >= 4 is 34.2 Å². The number of hydrogen-bond donors (Lipinski definition) is 3. The van der Waals surface area contributed by atoms with Gasteiger partial charge in [-0.05, 0) is 24.5 Å². The average Bonchev–Trinajstić information content (AvgIpc) is 3.31. The number of carbonyl (C=O) groups excluding carboxylic acids is 3. The van der Waals surface area contributed by atoms with Crippen LogP contribution in [0.2, 0.25) is 0 Å². The van der Waals surface area contributed by atoms with E-state index in [0.29, 0.717) is 36.6 Å². The van der Waals surface area contributed by atoms with Crippen LogP contribution in [0.25, 0.3) is 0 Å². The summed E-state index contributed by atoms with van der Waals surface area (Å²) in [5.74, 6) is 0.258. The van der Waals surface area contributed by atoms with Crippen molar-refractivity contribution in [3.05, 3.63) is 40.9 Å². The smallest absolute Gasteiger partial charge is 0.248 e. The topological polar surface area (TPSA) is 109 Å². The van der Waals surface area contributed by atoms with Crippen LogP contribution in [0.4, 0.5) is 5.13 Å². The molecule has 1 aromatic carbocycles. The van der Waals surface area contributed by atoms with Crippen LogP contribution < -0.4 is 20.7 Å². The molecule has 1 saturated heterocycles. The molecule has 0 aliphatic carbocycles. The van der Waals surface area contributed by atoms with Crippen molar-refractivity contribution in [1.82, 2.24) is 15.6 Å². The summed E-state index contributed by atoms with van der Waals surface area (Å²) in [6.45, 7) is 0.494. The Balaban J connectivity index is 1.43. The molecule has 8 nitrogen and oxygen atoms in total. The van der Waals surface area contributed by atoms with Crippen LogP contribution in [0.1, 0.15) is 24.1 Å². The van der Waals surface area contributed by atoms with E-state index < -0.39 is 6.04 Å². The molecule has 1 aromatic heterocycles. The van der Waals surface area contributed by atoms with E-state index in [4.69, 9.17) is 4.74 Å². The number of rotatable bonds is 8. The van der Waals surface area contributed by atoms with Crippen molar-refractivity contribution in [3.63, 3.8) is 0 Å². The van der Waals surface area contributed by atoms with Crippen molar-refractivity contribution in [2.45, 2.75) is 31.7 Å². The van der Waals surface area contributed by atoms with Gasteiger partial charge in [0.25, 0.3) is 0 Å². The zero-order chi connectivity index (χ0) is 19.9. The van der Waals surface area contributed by atoms with Crippen LogP contribution >= 0.6 is 11.3 Å². The standard InChI is InChI=1S/C19H22N4O4S/c1-27-15-5-3-2-4-12(15)8-9-20-17(25)10-13-11-28-19(21-13)23-18(26)14-6-7-16(24)22-14/h2-5,11,14H,6-10H2,1H3,(H,20,25)(H,22,24)(H,21,23,26)/t14-/m1/s1. The van der Waals surface area contributed by atoms with Gasteiger partial charge in [-0.15, -0.1) is 11.3 Å². The molecule has 0 radical (unpaired) electrons. The van der Waals surface area contributed by atoms with Crippen LogP contribution in [0.3, 0.4) is 0 Å². The molecular weight excluding hydrogens is 380 g/mol. The van der Waals surface area contributed by atoms with E-state index in [9.17, 15) is 14.4 Å². The molecule has 28 heavy (non-hydrogen) atoms. The molecule has 148 valence electrons. The number of thiazole rings is 1. The number of aromatic nitrogens is 1. The number of methoxy groups -OCH3 is 1. The summed E-state index contributed by atoms with van der Waals surface area (Å²) in [7, 11) is 1.62. The van der Waals surface area contributed by atoms with Crippen molar-refractivity contribution in [2.24, 2.45) is 0 Å². The second-order valence-corrected chi connectivity index (χ2v) is 7.24. The van der Waals surface area contributed by atoms with Gasteiger partial charge in [0.15, 0.2) is 5.13 Å². The minimum atomic E-state index is -0.516. The van der Waals surface area contributed by atoms with Crippen LogP contribution in [0, 0.1) is 0 Å². The first kappa shape index (κ1) is 19.8. The van der Waals surface area contributed by atoms with Gasteiger partial charge in [-0.1, -0.05) is 18.2 Å². The Bertz CT molecular complexity index is 867. The lowest BCUT2D eigenvalue weighted by molar-refractivity contribution is -0.122. The van der Waals surface area contributed by atoms with Gasteiger partial charge in [0, 0.05) is 18.3 Å². The Morgan fingerprint density at radius 1 is 1.36 bits per heavy atom. The predicted molar refractivity (Wildman–Crippen MR) is 105 cm³/mol. The van der Waals surface area contributed by atoms with Crippen molar-refractivity contribution in [1.29, 1.82) is 0 Å². The molecule has 1 fully saturated rings. The minimum Gasteiger partial charge on any atom is -0.496 e. The maximum Gasteiger partial charge on any atom is 0.248 e. The molecule has 1 aliphatic rings. The summed E-state index contributed by atoms with van der Waals surface area (Å²) in [6.07, 6.45) is 1.65. The molecule has 1 atom stereocenters. The molecule has 0 spiro atoms. The highest BCUT2D eigenvalue weighted by Gasteiger charge is 2.27. The van der Waals surface area contributed by atoms with E-state index in [2.05, 4.69) is 20.9 Å². The van der Waals surface area contributed by atoms with Gasteiger partial charge in [-0.2, -0.15) is 0 Å². The minimum absolute atomic E-state index is 0.121. The van der Waals surface area contributed by atoms with E-state index in [1.165, 1.54) is 11.3 Å². The molecule has 0 unspecified atom stereocenters. The number of hydrogen-bond acceptors (Lipinski definition) is 6. The average molecular weight is 402 g/mol. The Morgan fingerprint density at radius 2 is 2.18 bits per heavy atom. The highest BCUT2D eigenvalue weighted by Crippen LogP contribution is 2.18. The molecule has 3 N–H and O–H groups in total. The molecule has 1 aliphatic heterocycles. The number of ether oxygens (including phenoxy) is 1. The summed E-state index contributed by atoms with van der Waals surface area (Å²) in [5, 5.41) is 10.3. The molecular formula is C19H22N4O4S. The quantitative estimate of drug-likeness (QED) is 0.616. The lowest BCUT2D eigenvalue weighted by Gasteiger charge is -2.09. The van der Waals surface area contributed by atoms with Crippen LogP contribution in [0.15, 0.2) is 29.6 Å². The number of benzene rings is 1. The highest BCUT2D eigenvalue weighted by molar-refractivity contribution is 7.13. The van der Waals surface area contributed by atoms with Gasteiger partial charge in [-0.3, -0.25) is 14.4 Å². The number of para-hydroxylation sites is 1. The number of nitrogens with one attached hydrogen (secondary N) is 3. The van der Waals surface area contributed by atoms with Crippen LogP contribution in [0.5, 0.6) is 5.75 Å². The summed E-state index contributed by atoms with van der Waals surface area (Å²) in [4.78, 5) is 39.7. The van der Waals surface area contributed by atoms with Gasteiger partial charge in [0.1, 0.15) is 11.8 Å². The largest absolute Gasteiger partial charge is 0.496 e. The third kappa shape index (κ3) is 5.29. The maximum atomic E-state index is 12.1. The first-order valence-corrected chi connectivity index (χ1v) is 9.86. The van der Waals surface area contributed by atoms with Crippen molar-refractivity contribution < 1.29 is 19.1 Å². The number of anilines is 1. The normalized spacial score (nSPS) is 15.8. The molecule has 3 amide bonds. The summed E-state index contributed by atoms with van der Waals surface area (Å²) >= 11 is 1.25. The van der Waals surface area contributed by atoms with E-state index in [0.717, 1.165) is 11.3 Å². The molecule has 0 saturated carbocycles. The molecule has 0 bridgehead atoms. The Morgan fingerprint density at radius 3 is 2.93 bits per heavy atom. The van der Waals surface area contributed by atoms with Crippen LogP contribution in [-0.2, 0) is 27.2 Å². The Kier molecular flexibility index (Phi) is 6.59. The first-order chi connectivity index (χ1) is 13.5. The third-order valence-corrected chi connectivity index (χ3v) is 5.15. The number of carbonyl (C=O) groups is 3. The van der Waals surface area contributed by atoms with Gasteiger partial charge < -0.3 is 20.7 Å². The second-order valence-electron chi connectivity index (χ2n) is 6.38. The SMILES string of the molecule is COc1ccccc1CCNC(=O)Cc1csc(NC(=O)[C@H]2CCC(=O)N2)n1. The zero-order valence-electron chi connectivity index (χ0n) is 15.5. The van der Waals surface area contributed by atoms with Gasteiger partial charge in [0.2, 0.25) is 17.7 Å². The fourth-order valence-electron chi connectivity index (χ4n) is 2.92. The molecule has 2 aromatic rings. The Labute approximate surface area is 166 Å². The van der Waals surface area contributed by atoms with E-state index in [-0.39, 0.29) is 24.1 Å². The number of amides is 3. The fraction of sp³-hybridized carbons (Fsp3) is 0.368. The van der Waals surface area contributed by atoms with Gasteiger partial charge >= 0.3 is 0 Å². The lowest BCUT2D eigenvalue weighted by Crippen LogP contribution is -2.37. The summed E-state index contributed by atoms with van der Waals surface area (Å²) < 4.78 is 5.30. The third-order valence-electron chi connectivity index (χ3n) is 4.34. The van der Waals surface area contributed by atoms with E-state index in [1.807, 2.05) is 24.3 Å². The Hall–Kier alpha value is -2.94. The van der Waals surface area contributed by atoms with E-state index in [1.54, 1.807) is 12.5 Å². The monoisotopic (exact) mass is 402 g/mol. The zero-order valence-corrected chi connectivity index (χ0v) is 16.3. The summed E-state index contributed by atoms with van der Waals surface area (Å²) in [5.41, 5.74) is 1.62. The summed E-state index contributed by atoms with van der Waals surface area (Å²) in [6, 6.07) is 7.17. The highest BCUT2D eigenvalue weighted by atomic mass is 32.1. The maximum absolute atomic E-state index is 12.1. The van der Waals surface area contributed by atoms with Crippen molar-refractivity contribution in [2.75, 3.05) is 19.0 Å². The first-order valence-electron chi connectivity index (χ1n) is 8.98. The van der Waals surface area contributed by atoms with Gasteiger partial charge in [-0.25, -0.2) is 4.98 Å². The molecule has 3 rings (SSSR count). The molecule has 9 heteroatoms. The molecule has 2 heterocycles. The predicted octanol–water partition coefficient (Wildman–Crippen LogP) is 1.27. The van der Waals surface area contributed by atoms with E-state index >= 15 is 0 Å². The van der Waals surface area contributed by atoms with Gasteiger partial charge in [0.05, 0.1) is 19.2 Å². The second kappa shape index (κ2) is 9.32. The van der Waals surface area contributed by atoms with Crippen LogP contribution in [-0.4, -0.2) is 42.4 Å². The number of nitrogens with zero attached hydrogens (tertiary/aromatic N) is 1. The van der Waals surface area contributed by atoms with Crippen molar-refractivity contribution in [3.8, 4) is 5.75 Å². The lowest BCUT2D eigenvalue weighted by atomic mass is 10.1.